The Morgan fingerprint density at radius 2 is 2.36 bits per heavy atom. The lowest BCUT2D eigenvalue weighted by molar-refractivity contribution is 0.198. The highest BCUT2D eigenvalue weighted by Gasteiger charge is 2.10. The standard InChI is InChI=1S/C7H7BrClNO/c1-4(11)6-5(8)2-3-10-7(6)9/h2-4,11H,1H3/t4-/m0/s1. The van der Waals surface area contributed by atoms with Crippen molar-refractivity contribution < 1.29 is 5.11 Å². The van der Waals surface area contributed by atoms with Gasteiger partial charge in [0.05, 0.1) is 6.10 Å². The third-order valence-corrected chi connectivity index (χ3v) is 2.30. The predicted molar refractivity (Wildman–Crippen MR) is 47.6 cm³/mol. The summed E-state index contributed by atoms with van der Waals surface area (Å²) in [7, 11) is 0. The molecule has 0 aliphatic rings. The van der Waals surface area contributed by atoms with Crippen molar-refractivity contribution in [2.45, 2.75) is 13.0 Å². The average molecular weight is 236 g/mol. The van der Waals surface area contributed by atoms with Gasteiger partial charge in [-0.3, -0.25) is 0 Å². The van der Waals surface area contributed by atoms with E-state index in [0.717, 1.165) is 4.47 Å². The van der Waals surface area contributed by atoms with Gasteiger partial charge in [-0.25, -0.2) is 4.98 Å². The van der Waals surface area contributed by atoms with Crippen molar-refractivity contribution >= 4 is 27.5 Å². The topological polar surface area (TPSA) is 33.1 Å². The van der Waals surface area contributed by atoms with Crippen LogP contribution in [0, 0.1) is 0 Å². The van der Waals surface area contributed by atoms with Gasteiger partial charge >= 0.3 is 0 Å². The maximum absolute atomic E-state index is 9.23. The lowest BCUT2D eigenvalue weighted by Crippen LogP contribution is -1.95. The number of hydrogen-bond donors (Lipinski definition) is 1. The first-order chi connectivity index (χ1) is 5.13. The van der Waals surface area contributed by atoms with Crippen LogP contribution in [0.2, 0.25) is 5.15 Å². The first kappa shape index (κ1) is 8.97. The fourth-order valence-electron chi connectivity index (χ4n) is 0.798. The van der Waals surface area contributed by atoms with E-state index in [4.69, 9.17) is 11.6 Å². The molecular formula is C7H7BrClNO. The van der Waals surface area contributed by atoms with Gasteiger partial charge in [-0.15, -0.1) is 0 Å². The Kier molecular flexibility index (Phi) is 2.87. The second-order valence-electron chi connectivity index (χ2n) is 2.17. The van der Waals surface area contributed by atoms with E-state index < -0.39 is 6.10 Å². The van der Waals surface area contributed by atoms with E-state index in [-0.39, 0.29) is 0 Å². The normalized spacial score (nSPS) is 13.1. The molecular weight excluding hydrogens is 229 g/mol. The van der Waals surface area contributed by atoms with Crippen LogP contribution in [0.3, 0.4) is 0 Å². The Balaban J connectivity index is 3.21. The minimum atomic E-state index is -0.592. The summed E-state index contributed by atoms with van der Waals surface area (Å²) < 4.78 is 0.785. The highest BCUT2D eigenvalue weighted by molar-refractivity contribution is 9.10. The zero-order chi connectivity index (χ0) is 8.43. The van der Waals surface area contributed by atoms with Crippen LogP contribution in [0.1, 0.15) is 18.6 Å². The van der Waals surface area contributed by atoms with Crippen LogP contribution in [-0.4, -0.2) is 10.1 Å². The number of hydrogen-bond acceptors (Lipinski definition) is 2. The van der Waals surface area contributed by atoms with Crippen molar-refractivity contribution in [3.8, 4) is 0 Å². The van der Waals surface area contributed by atoms with E-state index >= 15 is 0 Å². The van der Waals surface area contributed by atoms with E-state index in [0.29, 0.717) is 10.7 Å². The zero-order valence-corrected chi connectivity index (χ0v) is 8.22. The molecule has 0 aromatic carbocycles. The fourth-order valence-corrected chi connectivity index (χ4v) is 1.87. The molecule has 1 atom stereocenters. The monoisotopic (exact) mass is 235 g/mol. The van der Waals surface area contributed by atoms with E-state index in [1.165, 1.54) is 0 Å². The van der Waals surface area contributed by atoms with Crippen LogP contribution < -0.4 is 0 Å². The molecule has 1 aromatic rings. The van der Waals surface area contributed by atoms with Gasteiger partial charge in [0.2, 0.25) is 0 Å². The molecule has 1 heterocycles. The van der Waals surface area contributed by atoms with Crippen molar-refractivity contribution in [3.63, 3.8) is 0 Å². The molecule has 11 heavy (non-hydrogen) atoms. The van der Waals surface area contributed by atoms with Crippen molar-refractivity contribution in [1.29, 1.82) is 0 Å². The van der Waals surface area contributed by atoms with Crippen LogP contribution in [0.15, 0.2) is 16.7 Å². The third-order valence-electron chi connectivity index (χ3n) is 1.31. The summed E-state index contributed by atoms with van der Waals surface area (Å²) in [6.45, 7) is 1.65. The van der Waals surface area contributed by atoms with Gasteiger partial charge in [0.1, 0.15) is 5.15 Å². The van der Waals surface area contributed by atoms with Gasteiger partial charge in [-0.05, 0) is 13.0 Å². The summed E-state index contributed by atoms with van der Waals surface area (Å²) in [5.74, 6) is 0. The maximum Gasteiger partial charge on any atom is 0.135 e. The molecule has 0 bridgehead atoms. The minimum absolute atomic E-state index is 0.342. The lowest BCUT2D eigenvalue weighted by atomic mass is 10.2. The maximum atomic E-state index is 9.23. The molecule has 1 aromatic heterocycles. The molecule has 0 radical (unpaired) electrons. The first-order valence-corrected chi connectivity index (χ1v) is 4.28. The summed E-state index contributed by atoms with van der Waals surface area (Å²) >= 11 is 8.99. The van der Waals surface area contributed by atoms with Gasteiger partial charge in [-0.2, -0.15) is 0 Å². The molecule has 0 saturated carbocycles. The number of nitrogens with zero attached hydrogens (tertiary/aromatic N) is 1. The quantitative estimate of drug-likeness (QED) is 0.760. The Labute approximate surface area is 78.3 Å². The van der Waals surface area contributed by atoms with E-state index in [1.54, 1.807) is 19.2 Å². The number of pyridine rings is 1. The Hall–Kier alpha value is -0.120. The van der Waals surface area contributed by atoms with E-state index in [2.05, 4.69) is 20.9 Å². The molecule has 0 spiro atoms. The molecule has 0 amide bonds. The molecule has 4 heteroatoms. The highest BCUT2D eigenvalue weighted by Crippen LogP contribution is 2.27. The number of rotatable bonds is 1. The van der Waals surface area contributed by atoms with Crippen LogP contribution in [0.5, 0.6) is 0 Å². The number of aliphatic hydroxyl groups is 1. The Morgan fingerprint density at radius 3 is 2.73 bits per heavy atom. The second kappa shape index (κ2) is 3.52. The summed E-state index contributed by atoms with van der Waals surface area (Å²) in [4.78, 5) is 3.84. The fraction of sp³-hybridized carbons (Fsp3) is 0.286. The van der Waals surface area contributed by atoms with E-state index in [1.807, 2.05) is 0 Å². The highest BCUT2D eigenvalue weighted by atomic mass is 79.9. The summed E-state index contributed by atoms with van der Waals surface area (Å²) in [6.07, 6.45) is 0.990. The smallest absolute Gasteiger partial charge is 0.135 e. The largest absolute Gasteiger partial charge is 0.389 e. The Morgan fingerprint density at radius 1 is 1.73 bits per heavy atom. The lowest BCUT2D eigenvalue weighted by Gasteiger charge is -2.07. The summed E-state index contributed by atoms with van der Waals surface area (Å²) in [5.41, 5.74) is 0.633. The van der Waals surface area contributed by atoms with Gasteiger partial charge in [0.25, 0.3) is 0 Å². The van der Waals surface area contributed by atoms with E-state index in [9.17, 15) is 5.11 Å². The van der Waals surface area contributed by atoms with Crippen molar-refractivity contribution in [2.24, 2.45) is 0 Å². The average Bonchev–Trinajstić information content (AvgIpc) is 1.85. The van der Waals surface area contributed by atoms with Gasteiger partial charge < -0.3 is 5.11 Å². The second-order valence-corrected chi connectivity index (χ2v) is 3.39. The molecule has 60 valence electrons. The summed E-state index contributed by atoms with van der Waals surface area (Å²) in [6, 6.07) is 1.74. The van der Waals surface area contributed by atoms with Gasteiger partial charge in [0, 0.05) is 16.2 Å². The first-order valence-electron chi connectivity index (χ1n) is 3.11. The van der Waals surface area contributed by atoms with Crippen molar-refractivity contribution in [1.82, 2.24) is 4.98 Å². The summed E-state index contributed by atoms with van der Waals surface area (Å²) in [5, 5.41) is 9.57. The molecule has 1 rings (SSSR count). The zero-order valence-electron chi connectivity index (χ0n) is 5.88. The molecule has 0 unspecified atom stereocenters. The predicted octanol–water partition coefficient (Wildman–Crippen LogP) is 2.55. The van der Waals surface area contributed by atoms with Crippen molar-refractivity contribution in [2.75, 3.05) is 0 Å². The van der Waals surface area contributed by atoms with Crippen LogP contribution in [-0.2, 0) is 0 Å². The van der Waals surface area contributed by atoms with Crippen molar-refractivity contribution in [3.05, 3.63) is 27.5 Å². The number of aliphatic hydroxyl groups excluding tert-OH is 1. The van der Waals surface area contributed by atoms with Crippen LogP contribution in [0.4, 0.5) is 0 Å². The third kappa shape index (κ3) is 1.92. The van der Waals surface area contributed by atoms with Crippen LogP contribution in [0.25, 0.3) is 0 Å². The molecule has 0 aliphatic carbocycles. The minimum Gasteiger partial charge on any atom is -0.389 e. The molecule has 0 saturated heterocycles. The molecule has 0 aliphatic heterocycles. The van der Waals surface area contributed by atoms with Gasteiger partial charge in [0.15, 0.2) is 0 Å². The Bertz CT molecular complexity index is 244. The SMILES string of the molecule is C[C@H](O)c1c(Br)ccnc1Cl. The number of aromatic nitrogens is 1. The molecule has 0 fully saturated rings. The number of halogens is 2. The molecule has 2 nitrogen and oxygen atoms in total. The molecule has 1 N–H and O–H groups in total. The van der Waals surface area contributed by atoms with Gasteiger partial charge in [-0.1, -0.05) is 27.5 Å². The van der Waals surface area contributed by atoms with Crippen LogP contribution >= 0.6 is 27.5 Å².